The van der Waals surface area contributed by atoms with Crippen LogP contribution in [0.1, 0.15) is 26.7 Å². The van der Waals surface area contributed by atoms with Crippen LogP contribution in [0.4, 0.5) is 0 Å². The zero-order valence-corrected chi connectivity index (χ0v) is 15.0. The largest absolute Gasteiger partial charge is 0.376 e. The molecule has 1 aliphatic carbocycles. The van der Waals surface area contributed by atoms with Crippen LogP contribution in [0.2, 0.25) is 0 Å². The minimum absolute atomic E-state index is 0.0539. The zero-order chi connectivity index (χ0) is 17.9. The predicted molar refractivity (Wildman–Crippen MR) is 88.1 cm³/mol. The molecule has 0 unspecified atom stereocenters. The first-order valence-corrected chi connectivity index (χ1v) is 8.97. The monoisotopic (exact) mass is 356 g/mol. The molecule has 2 atom stereocenters. The number of nitrogens with zero attached hydrogens (tertiary/aromatic N) is 1. The quantitative estimate of drug-likeness (QED) is 0.703. The summed E-state index contributed by atoms with van der Waals surface area (Å²) in [4.78, 5) is 27.0. The van der Waals surface area contributed by atoms with Crippen molar-refractivity contribution in [2.75, 3.05) is 46.2 Å². The number of ether oxygens (including phenoxy) is 4. The fourth-order valence-corrected chi connectivity index (χ4v) is 3.11. The Hall–Kier alpha value is -1.22. The molecule has 0 bridgehead atoms. The Morgan fingerprint density at radius 1 is 1.00 bits per heavy atom. The van der Waals surface area contributed by atoms with E-state index in [9.17, 15) is 9.59 Å². The van der Waals surface area contributed by atoms with Gasteiger partial charge in [0.2, 0.25) is 0 Å². The molecule has 0 aromatic carbocycles. The van der Waals surface area contributed by atoms with E-state index in [1.807, 2.05) is 18.7 Å². The molecule has 8 heteroatoms. The van der Waals surface area contributed by atoms with E-state index in [-0.39, 0.29) is 24.5 Å². The Labute approximate surface area is 148 Å². The molecule has 2 amide bonds. The van der Waals surface area contributed by atoms with E-state index in [2.05, 4.69) is 5.32 Å². The molecule has 25 heavy (non-hydrogen) atoms. The van der Waals surface area contributed by atoms with Gasteiger partial charge in [-0.1, -0.05) is 0 Å². The first kappa shape index (κ1) is 18.6. The fourth-order valence-electron chi connectivity index (χ4n) is 3.11. The standard InChI is InChI=1S/C17H28N2O6/c1-17(2,18-15(20)13-9-22-5-7-24-13)11-19(12-3-4-12)16(21)14-10-23-6-8-25-14/h12-14H,3-11H2,1-2H3,(H,18,20)/t13-,14-/m1/s1. The van der Waals surface area contributed by atoms with Crippen molar-refractivity contribution in [3.05, 3.63) is 0 Å². The van der Waals surface area contributed by atoms with Gasteiger partial charge < -0.3 is 29.2 Å². The third kappa shape index (κ3) is 5.13. The molecule has 0 aromatic rings. The average molecular weight is 356 g/mol. The highest BCUT2D eigenvalue weighted by atomic mass is 16.6. The predicted octanol–water partition coefficient (Wildman–Crippen LogP) is -0.297. The number of carbonyl (C=O) groups is 2. The second-order valence-electron chi connectivity index (χ2n) is 7.44. The zero-order valence-electron chi connectivity index (χ0n) is 15.0. The summed E-state index contributed by atoms with van der Waals surface area (Å²) in [5.41, 5.74) is -0.578. The maximum atomic E-state index is 12.8. The smallest absolute Gasteiger partial charge is 0.254 e. The van der Waals surface area contributed by atoms with E-state index >= 15 is 0 Å². The molecule has 8 nitrogen and oxygen atoms in total. The minimum Gasteiger partial charge on any atom is -0.376 e. The molecule has 142 valence electrons. The summed E-state index contributed by atoms with van der Waals surface area (Å²) in [7, 11) is 0. The molecule has 0 radical (unpaired) electrons. The molecule has 2 heterocycles. The summed E-state index contributed by atoms with van der Waals surface area (Å²) in [5, 5.41) is 2.99. The Bertz CT molecular complexity index is 482. The van der Waals surface area contributed by atoms with Crippen molar-refractivity contribution >= 4 is 11.8 Å². The molecule has 0 aromatic heterocycles. The van der Waals surface area contributed by atoms with Crippen molar-refractivity contribution in [2.45, 2.75) is 50.5 Å². The van der Waals surface area contributed by atoms with Crippen LogP contribution in [-0.4, -0.2) is 86.7 Å². The molecule has 3 fully saturated rings. The summed E-state index contributed by atoms with van der Waals surface area (Å²) in [6.07, 6.45) is 0.843. The maximum absolute atomic E-state index is 12.8. The summed E-state index contributed by atoms with van der Waals surface area (Å²) >= 11 is 0. The van der Waals surface area contributed by atoms with Crippen LogP contribution in [0.3, 0.4) is 0 Å². The van der Waals surface area contributed by atoms with Crippen LogP contribution < -0.4 is 5.32 Å². The summed E-state index contributed by atoms with van der Waals surface area (Å²) in [6.45, 7) is 6.71. The molecule has 1 N–H and O–H groups in total. The van der Waals surface area contributed by atoms with Gasteiger partial charge in [-0.3, -0.25) is 9.59 Å². The molecular weight excluding hydrogens is 328 g/mol. The second kappa shape index (κ2) is 7.99. The highest BCUT2D eigenvalue weighted by Crippen LogP contribution is 2.29. The number of amides is 2. The van der Waals surface area contributed by atoms with Crippen LogP contribution in [0, 0.1) is 0 Å². The van der Waals surface area contributed by atoms with Gasteiger partial charge in [0.05, 0.1) is 45.2 Å². The fraction of sp³-hybridized carbons (Fsp3) is 0.882. The van der Waals surface area contributed by atoms with Gasteiger partial charge in [0.25, 0.3) is 11.8 Å². The summed E-state index contributed by atoms with van der Waals surface area (Å²) in [6, 6.07) is 0.225. The second-order valence-corrected chi connectivity index (χ2v) is 7.44. The molecule has 0 spiro atoms. The van der Waals surface area contributed by atoms with E-state index in [1.54, 1.807) is 0 Å². The lowest BCUT2D eigenvalue weighted by Crippen LogP contribution is -2.58. The van der Waals surface area contributed by atoms with E-state index < -0.39 is 17.7 Å². The minimum atomic E-state index is -0.590. The Morgan fingerprint density at radius 2 is 1.60 bits per heavy atom. The highest BCUT2D eigenvalue weighted by molar-refractivity contribution is 5.83. The van der Waals surface area contributed by atoms with Gasteiger partial charge >= 0.3 is 0 Å². The topological polar surface area (TPSA) is 86.3 Å². The number of hydrogen-bond acceptors (Lipinski definition) is 6. The number of hydrogen-bond donors (Lipinski definition) is 1. The van der Waals surface area contributed by atoms with E-state index in [0.717, 1.165) is 12.8 Å². The van der Waals surface area contributed by atoms with E-state index in [4.69, 9.17) is 18.9 Å². The number of rotatable bonds is 6. The van der Waals surface area contributed by atoms with Gasteiger partial charge in [-0.2, -0.15) is 0 Å². The molecule has 3 rings (SSSR count). The van der Waals surface area contributed by atoms with Crippen LogP contribution in [-0.2, 0) is 28.5 Å². The molecule has 2 aliphatic heterocycles. The molecule has 2 saturated heterocycles. The molecule has 3 aliphatic rings. The lowest BCUT2D eigenvalue weighted by molar-refractivity contribution is -0.160. The van der Waals surface area contributed by atoms with Gasteiger partial charge in [-0.25, -0.2) is 0 Å². The lowest BCUT2D eigenvalue weighted by atomic mass is 10.0. The van der Waals surface area contributed by atoms with Crippen LogP contribution in [0.15, 0.2) is 0 Å². The van der Waals surface area contributed by atoms with Crippen LogP contribution in [0.25, 0.3) is 0 Å². The van der Waals surface area contributed by atoms with Crippen molar-refractivity contribution in [2.24, 2.45) is 0 Å². The Balaban J connectivity index is 1.58. The van der Waals surface area contributed by atoms with Crippen molar-refractivity contribution in [1.82, 2.24) is 10.2 Å². The van der Waals surface area contributed by atoms with Crippen molar-refractivity contribution in [1.29, 1.82) is 0 Å². The Kier molecular flexibility index (Phi) is 5.93. The van der Waals surface area contributed by atoms with Crippen LogP contribution in [0.5, 0.6) is 0 Å². The van der Waals surface area contributed by atoms with Crippen molar-refractivity contribution in [3.8, 4) is 0 Å². The molecule has 1 saturated carbocycles. The number of carbonyl (C=O) groups excluding carboxylic acids is 2. The number of nitrogens with one attached hydrogen (secondary N) is 1. The highest BCUT2D eigenvalue weighted by Gasteiger charge is 2.40. The Morgan fingerprint density at radius 3 is 2.12 bits per heavy atom. The first-order chi connectivity index (χ1) is 12.0. The van der Waals surface area contributed by atoms with Crippen molar-refractivity contribution < 1.29 is 28.5 Å². The van der Waals surface area contributed by atoms with E-state index in [1.165, 1.54) is 0 Å². The van der Waals surface area contributed by atoms with Gasteiger partial charge in [0.15, 0.2) is 12.2 Å². The normalized spacial score (nSPS) is 27.6. The average Bonchev–Trinajstić information content (AvgIpc) is 3.45. The van der Waals surface area contributed by atoms with E-state index in [0.29, 0.717) is 39.6 Å². The lowest BCUT2D eigenvalue weighted by Gasteiger charge is -2.37. The van der Waals surface area contributed by atoms with Crippen molar-refractivity contribution in [3.63, 3.8) is 0 Å². The first-order valence-electron chi connectivity index (χ1n) is 8.97. The third-order valence-electron chi connectivity index (χ3n) is 4.50. The van der Waals surface area contributed by atoms with Gasteiger partial charge in [-0.15, -0.1) is 0 Å². The SMILES string of the molecule is CC(C)(CN(C(=O)[C@H]1COCCO1)C1CC1)NC(=O)[C@H]1COCCO1. The summed E-state index contributed by atoms with van der Waals surface area (Å²) < 4.78 is 21.6. The summed E-state index contributed by atoms with van der Waals surface area (Å²) in [5.74, 6) is -0.257. The van der Waals surface area contributed by atoms with Gasteiger partial charge in [0.1, 0.15) is 0 Å². The van der Waals surface area contributed by atoms with Gasteiger partial charge in [-0.05, 0) is 26.7 Å². The van der Waals surface area contributed by atoms with Gasteiger partial charge in [0, 0.05) is 12.6 Å². The maximum Gasteiger partial charge on any atom is 0.254 e. The van der Waals surface area contributed by atoms with Crippen LogP contribution >= 0.6 is 0 Å². The third-order valence-corrected chi connectivity index (χ3v) is 4.50. The molecular formula is C17H28N2O6.